The van der Waals surface area contributed by atoms with E-state index in [-0.39, 0.29) is 17.1 Å². The van der Waals surface area contributed by atoms with Gasteiger partial charge in [0.15, 0.2) is 12.6 Å². The number of fused-ring (bicyclic) bond motifs is 1. The summed E-state index contributed by atoms with van der Waals surface area (Å²) in [7, 11) is 1.54. The van der Waals surface area contributed by atoms with Gasteiger partial charge in [0.05, 0.1) is 0 Å². The fourth-order valence-electron chi connectivity index (χ4n) is 1.02. The van der Waals surface area contributed by atoms with E-state index in [0.29, 0.717) is 0 Å². The molecule has 0 amide bonds. The molecule has 2 rings (SSSR count). The molecule has 0 bridgehead atoms. The molecule has 0 aliphatic rings. The molecule has 0 fully saturated rings. The number of aromatic nitrogens is 4. The number of rotatable bonds is 2. The molecule has 0 aromatic carbocycles. The van der Waals surface area contributed by atoms with Crippen LogP contribution in [-0.4, -0.2) is 27.0 Å². The summed E-state index contributed by atoms with van der Waals surface area (Å²) in [6.45, 7) is 0. The van der Waals surface area contributed by atoms with Gasteiger partial charge in [0.1, 0.15) is 0 Å². The van der Waals surface area contributed by atoms with Crippen molar-refractivity contribution < 1.29 is 1.41 Å². The van der Waals surface area contributed by atoms with Crippen molar-refractivity contribution in [1.82, 2.24) is 25.4 Å². The molecule has 7 nitrogen and oxygen atoms in total. The molecule has 0 saturated carbocycles. The zero-order valence-electron chi connectivity index (χ0n) is 8.35. The average Bonchev–Trinajstić information content (AvgIpc) is 2.28. The molecule has 0 atom stereocenters. The van der Waals surface area contributed by atoms with E-state index in [1.807, 2.05) is 0 Å². The van der Waals surface area contributed by atoms with Crippen LogP contribution in [0.4, 0.5) is 5.95 Å². The van der Waals surface area contributed by atoms with Crippen molar-refractivity contribution >= 4 is 17.1 Å². The molecule has 2 aromatic rings. The fourth-order valence-corrected chi connectivity index (χ4v) is 1.02. The van der Waals surface area contributed by atoms with E-state index in [9.17, 15) is 4.79 Å². The van der Waals surface area contributed by atoms with Gasteiger partial charge in [-0.2, -0.15) is 4.98 Å². The van der Waals surface area contributed by atoms with Gasteiger partial charge in [-0.05, 0) is 0 Å². The summed E-state index contributed by atoms with van der Waals surface area (Å²) in [5.74, 6) is 0.0653. The van der Waals surface area contributed by atoms with E-state index in [1.165, 1.54) is 19.4 Å². The predicted molar refractivity (Wildman–Crippen MR) is 50.6 cm³/mol. The van der Waals surface area contributed by atoms with Crippen LogP contribution < -0.4 is 16.4 Å². The summed E-state index contributed by atoms with van der Waals surface area (Å²) in [6, 6.07) is 0. The van der Waals surface area contributed by atoms with E-state index in [1.54, 1.807) is 0 Å². The molecule has 0 aliphatic carbocycles. The van der Waals surface area contributed by atoms with E-state index < -0.39 is 5.56 Å². The molecule has 7 heteroatoms. The molecular weight excluding hydrogens is 184 g/mol. The van der Waals surface area contributed by atoms with Crippen LogP contribution in [0, 0.1) is 0 Å². The van der Waals surface area contributed by atoms with Crippen LogP contribution in [0.5, 0.6) is 0 Å². The molecule has 0 unspecified atom stereocenters. The highest BCUT2D eigenvalue weighted by Gasteiger charge is 2.03. The summed E-state index contributed by atoms with van der Waals surface area (Å²) in [5, 5.41) is 0. The van der Waals surface area contributed by atoms with E-state index in [4.69, 9.17) is 1.41 Å². The third-order valence-corrected chi connectivity index (χ3v) is 1.55. The number of hydrazine groups is 1. The largest absolute Gasteiger partial charge is 0.291 e. The van der Waals surface area contributed by atoms with Crippen molar-refractivity contribution in [2.75, 3.05) is 12.5 Å². The van der Waals surface area contributed by atoms with Gasteiger partial charge in [-0.25, -0.2) is 15.4 Å². The first-order valence-electron chi connectivity index (χ1n) is 4.34. The maximum Gasteiger partial charge on any atom is 0.280 e. The Kier molecular flexibility index (Phi) is 1.79. The Morgan fingerprint density at radius 3 is 3.07 bits per heavy atom. The van der Waals surface area contributed by atoms with Crippen LogP contribution >= 0.6 is 0 Å². The lowest BCUT2D eigenvalue weighted by molar-refractivity contribution is 0.935. The van der Waals surface area contributed by atoms with Gasteiger partial charge < -0.3 is 0 Å². The molecule has 0 radical (unpaired) electrons. The predicted octanol–water partition coefficient (Wildman–Crippen LogP) is -0.741. The summed E-state index contributed by atoms with van der Waals surface area (Å²) in [4.78, 5) is 25.6. The minimum Gasteiger partial charge on any atom is -0.291 e. The Labute approximate surface area is 80.1 Å². The maximum atomic E-state index is 11.5. The molecule has 14 heavy (non-hydrogen) atoms. The molecule has 2 heterocycles. The van der Waals surface area contributed by atoms with Crippen molar-refractivity contribution in [2.45, 2.75) is 0 Å². The van der Waals surface area contributed by atoms with E-state index in [2.05, 4.69) is 25.4 Å². The average molecular weight is 193 g/mol. The first-order valence-corrected chi connectivity index (χ1v) is 3.90. The fraction of sp³-hybridized carbons (Fsp3) is 0.143. The van der Waals surface area contributed by atoms with Crippen molar-refractivity contribution in [3.8, 4) is 0 Å². The maximum absolute atomic E-state index is 11.5. The van der Waals surface area contributed by atoms with E-state index >= 15 is 0 Å². The summed E-state index contributed by atoms with van der Waals surface area (Å²) < 4.78 is 7.38. The summed E-state index contributed by atoms with van der Waals surface area (Å²) in [5.41, 5.74) is 3.27. The van der Waals surface area contributed by atoms with Crippen LogP contribution in [-0.2, 0) is 0 Å². The Balaban J connectivity index is 2.67. The second kappa shape index (κ2) is 3.38. The van der Waals surface area contributed by atoms with Crippen molar-refractivity contribution in [3.05, 3.63) is 22.7 Å². The lowest BCUT2D eigenvalue weighted by atomic mass is 10.5. The minimum absolute atomic E-state index is 0.0653. The third-order valence-electron chi connectivity index (χ3n) is 1.55. The van der Waals surface area contributed by atoms with Crippen LogP contribution in [0.3, 0.4) is 0 Å². The quantitative estimate of drug-likeness (QED) is 0.544. The lowest BCUT2D eigenvalue weighted by Crippen LogP contribution is -2.21. The molecule has 0 spiro atoms. The molecule has 2 aromatic heterocycles. The lowest BCUT2D eigenvalue weighted by Gasteiger charge is -2.02. The number of hydrogen-bond donors (Lipinski definition) is 3. The van der Waals surface area contributed by atoms with Gasteiger partial charge in [0.2, 0.25) is 5.95 Å². The third kappa shape index (κ3) is 1.40. The minimum atomic E-state index is -0.421. The second-order valence-corrected chi connectivity index (χ2v) is 2.45. The van der Waals surface area contributed by atoms with Gasteiger partial charge in [-0.15, -0.1) is 0 Å². The zero-order chi connectivity index (χ0) is 10.8. The van der Waals surface area contributed by atoms with Crippen LogP contribution in [0.2, 0.25) is 1.41 Å². The number of nitrogens with zero attached hydrogens (tertiary/aromatic N) is 3. The Bertz CT molecular complexity index is 540. The Morgan fingerprint density at radius 1 is 1.50 bits per heavy atom. The smallest absolute Gasteiger partial charge is 0.280 e. The standard InChI is InChI=1S/C7H8N6O/c1-8-13-7-11-5-4(6(14)12-7)9-2-3-10-5/h2-3,8H,1H3,(H2,10,11,12,13,14)/i/hD. The molecule has 0 aliphatic heterocycles. The monoisotopic (exact) mass is 193 g/mol. The first-order chi connectivity index (χ1) is 7.22. The first kappa shape index (κ1) is 7.39. The molecule has 0 saturated heterocycles. The second-order valence-electron chi connectivity index (χ2n) is 2.45. The van der Waals surface area contributed by atoms with Gasteiger partial charge in [-0.1, -0.05) is 0 Å². The van der Waals surface area contributed by atoms with Crippen LogP contribution in [0.15, 0.2) is 17.2 Å². The number of anilines is 1. The Morgan fingerprint density at radius 2 is 2.29 bits per heavy atom. The molecular formula is C7H8N6O. The number of H-pyrrole nitrogens is 1. The molecule has 3 N–H and O–H groups in total. The number of hydrogen-bond acceptors (Lipinski definition) is 6. The summed E-state index contributed by atoms with van der Waals surface area (Å²) in [6.07, 6.45) is 2.85. The van der Waals surface area contributed by atoms with Gasteiger partial charge >= 0.3 is 0 Å². The highest BCUT2D eigenvalue weighted by Crippen LogP contribution is 2.00. The van der Waals surface area contributed by atoms with Crippen molar-refractivity contribution in [3.63, 3.8) is 0 Å². The molecule has 72 valence electrons. The zero-order valence-corrected chi connectivity index (χ0v) is 7.35. The normalized spacial score (nSPS) is 11.4. The number of nitrogens with one attached hydrogen (secondary N) is 3. The number of aromatic amines is 1. The summed E-state index contributed by atoms with van der Waals surface area (Å²) >= 11 is 0. The van der Waals surface area contributed by atoms with Gasteiger partial charge in [0, 0.05) is 19.4 Å². The topological polar surface area (TPSA) is 95.6 Å². The van der Waals surface area contributed by atoms with Gasteiger partial charge in [0.25, 0.3) is 5.56 Å². The highest BCUT2D eigenvalue weighted by atomic mass is 16.1. The van der Waals surface area contributed by atoms with Crippen molar-refractivity contribution in [2.24, 2.45) is 0 Å². The van der Waals surface area contributed by atoms with Crippen LogP contribution in [0.25, 0.3) is 11.2 Å². The van der Waals surface area contributed by atoms with Crippen LogP contribution in [0.1, 0.15) is 0 Å². The highest BCUT2D eigenvalue weighted by molar-refractivity contribution is 5.68. The SMILES string of the molecule is [2H]N(NC)c1nc2nccnc2c(=O)[nH]1. The van der Waals surface area contributed by atoms with E-state index in [0.717, 1.165) is 5.42 Å². The van der Waals surface area contributed by atoms with Crippen molar-refractivity contribution in [1.29, 1.82) is 0 Å². The van der Waals surface area contributed by atoms with Gasteiger partial charge in [-0.3, -0.25) is 15.2 Å². The Hall–Kier alpha value is -2.02.